The Kier molecular flexibility index (Phi) is 3.90. The van der Waals surface area contributed by atoms with Crippen molar-refractivity contribution < 1.29 is 13.3 Å². The fourth-order valence-electron chi connectivity index (χ4n) is 1.78. The Bertz CT molecular complexity index is 803. The number of hydrogen-bond acceptors (Lipinski definition) is 5. The second kappa shape index (κ2) is 5.49. The van der Waals surface area contributed by atoms with Crippen molar-refractivity contribution in [3.8, 4) is 0 Å². The molecule has 2 aromatic rings. The van der Waals surface area contributed by atoms with E-state index < -0.39 is 14.9 Å². The van der Waals surface area contributed by atoms with Crippen LogP contribution in [0, 0.1) is 24.0 Å². The molecular weight excluding hydrogens is 294 g/mol. The first-order valence-electron chi connectivity index (χ1n) is 6.00. The lowest BCUT2D eigenvalue weighted by Gasteiger charge is -2.09. The molecule has 1 heterocycles. The van der Waals surface area contributed by atoms with Gasteiger partial charge >= 0.3 is 0 Å². The first-order valence-corrected chi connectivity index (χ1v) is 7.48. The van der Waals surface area contributed by atoms with Gasteiger partial charge in [0.05, 0.1) is 9.82 Å². The molecule has 110 valence electrons. The number of sulfonamides is 1. The standard InChI is InChI=1S/C13H13N3O4S/c1-9-5-6-14-13(7-9)15-21(19,20)12-8-11(16(17)18)4-3-10(12)2/h3-8H,1-2H3,(H,14,15). The maximum Gasteiger partial charge on any atom is 0.270 e. The molecule has 0 unspecified atom stereocenters. The second-order valence-electron chi connectivity index (χ2n) is 4.53. The number of non-ortho nitro benzene ring substituents is 1. The van der Waals surface area contributed by atoms with Crippen LogP contribution in [0.25, 0.3) is 0 Å². The molecule has 0 atom stereocenters. The van der Waals surface area contributed by atoms with E-state index in [1.165, 1.54) is 18.3 Å². The Morgan fingerprint density at radius 3 is 2.52 bits per heavy atom. The molecule has 21 heavy (non-hydrogen) atoms. The maximum absolute atomic E-state index is 12.3. The SMILES string of the molecule is Cc1ccnc(NS(=O)(=O)c2cc([N+](=O)[O-])ccc2C)c1. The summed E-state index contributed by atoms with van der Waals surface area (Å²) in [5, 5.41) is 10.8. The second-order valence-corrected chi connectivity index (χ2v) is 6.18. The zero-order valence-corrected chi connectivity index (χ0v) is 12.2. The largest absolute Gasteiger partial charge is 0.270 e. The monoisotopic (exact) mass is 307 g/mol. The summed E-state index contributed by atoms with van der Waals surface area (Å²) >= 11 is 0. The molecule has 1 N–H and O–H groups in total. The van der Waals surface area contributed by atoms with Crippen LogP contribution in [-0.4, -0.2) is 18.3 Å². The van der Waals surface area contributed by atoms with Crippen molar-refractivity contribution >= 4 is 21.5 Å². The molecule has 1 aromatic carbocycles. The van der Waals surface area contributed by atoms with Gasteiger partial charge in [-0.25, -0.2) is 13.4 Å². The Hall–Kier alpha value is -2.48. The molecule has 0 amide bonds. The quantitative estimate of drug-likeness (QED) is 0.690. The van der Waals surface area contributed by atoms with E-state index in [1.807, 2.05) is 0 Å². The summed E-state index contributed by atoms with van der Waals surface area (Å²) in [4.78, 5) is 13.9. The Morgan fingerprint density at radius 1 is 1.19 bits per heavy atom. The summed E-state index contributed by atoms with van der Waals surface area (Å²) in [5.74, 6) is 0.168. The highest BCUT2D eigenvalue weighted by molar-refractivity contribution is 7.92. The summed E-state index contributed by atoms with van der Waals surface area (Å²) < 4.78 is 27.0. The van der Waals surface area contributed by atoms with Crippen LogP contribution in [0.3, 0.4) is 0 Å². The fourth-order valence-corrected chi connectivity index (χ4v) is 3.04. The van der Waals surface area contributed by atoms with Crippen molar-refractivity contribution in [3.63, 3.8) is 0 Å². The van der Waals surface area contributed by atoms with E-state index in [2.05, 4.69) is 9.71 Å². The molecule has 0 aliphatic carbocycles. The van der Waals surface area contributed by atoms with Gasteiger partial charge in [-0.15, -0.1) is 0 Å². The minimum Gasteiger partial charge on any atom is -0.263 e. The average molecular weight is 307 g/mol. The van der Waals surface area contributed by atoms with Crippen LogP contribution in [0.1, 0.15) is 11.1 Å². The van der Waals surface area contributed by atoms with Gasteiger partial charge in [-0.1, -0.05) is 6.07 Å². The topological polar surface area (TPSA) is 102 Å². The van der Waals surface area contributed by atoms with Crippen LogP contribution in [0.4, 0.5) is 11.5 Å². The minimum atomic E-state index is -3.93. The number of aryl methyl sites for hydroxylation is 2. The van der Waals surface area contributed by atoms with Gasteiger partial charge in [0.15, 0.2) is 0 Å². The van der Waals surface area contributed by atoms with Gasteiger partial charge in [0.1, 0.15) is 5.82 Å². The van der Waals surface area contributed by atoms with Crippen molar-refractivity contribution in [2.75, 3.05) is 4.72 Å². The zero-order valence-electron chi connectivity index (χ0n) is 11.4. The molecule has 0 saturated heterocycles. The number of nitrogens with one attached hydrogen (secondary N) is 1. The molecule has 0 aliphatic heterocycles. The first-order chi connectivity index (χ1) is 9.79. The Labute approximate surface area is 121 Å². The number of anilines is 1. The van der Waals surface area contributed by atoms with E-state index in [0.29, 0.717) is 5.56 Å². The number of nitro groups is 1. The smallest absolute Gasteiger partial charge is 0.263 e. The van der Waals surface area contributed by atoms with Crippen LogP contribution in [0.15, 0.2) is 41.4 Å². The lowest BCUT2D eigenvalue weighted by molar-refractivity contribution is -0.385. The summed E-state index contributed by atoms with van der Waals surface area (Å²) in [6.07, 6.45) is 1.48. The first kappa shape index (κ1) is 14.9. The molecule has 7 nitrogen and oxygen atoms in total. The fraction of sp³-hybridized carbons (Fsp3) is 0.154. The molecule has 0 aliphatic rings. The molecule has 0 fully saturated rings. The summed E-state index contributed by atoms with van der Waals surface area (Å²) in [7, 11) is -3.93. The number of nitro benzene ring substituents is 1. The molecule has 0 spiro atoms. The summed E-state index contributed by atoms with van der Waals surface area (Å²) in [6, 6.07) is 7.00. The lowest BCUT2D eigenvalue weighted by atomic mass is 10.2. The number of rotatable bonds is 4. The van der Waals surface area contributed by atoms with E-state index >= 15 is 0 Å². The molecular formula is C13H13N3O4S. The van der Waals surface area contributed by atoms with Crippen LogP contribution < -0.4 is 4.72 Å². The predicted octanol–water partition coefficient (Wildman–Crippen LogP) is 2.41. The number of benzene rings is 1. The molecule has 0 saturated carbocycles. The lowest BCUT2D eigenvalue weighted by Crippen LogP contribution is -2.15. The van der Waals surface area contributed by atoms with Gasteiger partial charge < -0.3 is 0 Å². The highest BCUT2D eigenvalue weighted by atomic mass is 32.2. The molecule has 8 heteroatoms. The van der Waals surface area contributed by atoms with E-state index in [1.54, 1.807) is 26.0 Å². The molecule has 0 radical (unpaired) electrons. The van der Waals surface area contributed by atoms with Gasteiger partial charge in [-0.05, 0) is 37.1 Å². The third-order valence-electron chi connectivity index (χ3n) is 2.83. The number of nitrogens with zero attached hydrogens (tertiary/aromatic N) is 2. The van der Waals surface area contributed by atoms with E-state index in [-0.39, 0.29) is 16.4 Å². The van der Waals surface area contributed by atoms with E-state index in [4.69, 9.17) is 0 Å². The van der Waals surface area contributed by atoms with E-state index in [9.17, 15) is 18.5 Å². The number of hydrogen-bond donors (Lipinski definition) is 1. The highest BCUT2D eigenvalue weighted by Gasteiger charge is 2.21. The van der Waals surface area contributed by atoms with Gasteiger partial charge in [0.25, 0.3) is 15.7 Å². The Balaban J connectivity index is 2.44. The maximum atomic E-state index is 12.3. The third-order valence-corrected chi connectivity index (χ3v) is 4.32. The molecule has 2 rings (SSSR count). The van der Waals surface area contributed by atoms with Gasteiger partial charge in [0.2, 0.25) is 0 Å². The van der Waals surface area contributed by atoms with Crippen molar-refractivity contribution in [1.29, 1.82) is 0 Å². The average Bonchev–Trinajstić information content (AvgIpc) is 2.38. The van der Waals surface area contributed by atoms with Crippen LogP contribution >= 0.6 is 0 Å². The van der Waals surface area contributed by atoms with Crippen molar-refractivity contribution in [2.45, 2.75) is 18.7 Å². The van der Waals surface area contributed by atoms with Crippen molar-refractivity contribution in [3.05, 3.63) is 57.8 Å². The minimum absolute atomic E-state index is 0.139. The molecule has 0 bridgehead atoms. The summed E-state index contributed by atoms with van der Waals surface area (Å²) in [6.45, 7) is 3.38. The van der Waals surface area contributed by atoms with Crippen molar-refractivity contribution in [2.24, 2.45) is 0 Å². The van der Waals surface area contributed by atoms with Crippen LogP contribution in [0.5, 0.6) is 0 Å². The van der Waals surface area contributed by atoms with Crippen molar-refractivity contribution in [1.82, 2.24) is 4.98 Å². The predicted molar refractivity (Wildman–Crippen MR) is 77.6 cm³/mol. The van der Waals surface area contributed by atoms with Gasteiger partial charge in [-0.2, -0.15) is 0 Å². The zero-order chi connectivity index (χ0) is 15.6. The van der Waals surface area contributed by atoms with Gasteiger partial charge in [0, 0.05) is 18.3 Å². The number of pyridine rings is 1. The van der Waals surface area contributed by atoms with Crippen LogP contribution in [-0.2, 0) is 10.0 Å². The summed E-state index contributed by atoms with van der Waals surface area (Å²) in [5.41, 5.74) is 0.984. The van der Waals surface area contributed by atoms with Crippen LogP contribution in [0.2, 0.25) is 0 Å². The van der Waals surface area contributed by atoms with E-state index in [0.717, 1.165) is 11.6 Å². The molecule has 1 aromatic heterocycles. The number of aromatic nitrogens is 1. The van der Waals surface area contributed by atoms with Gasteiger partial charge in [-0.3, -0.25) is 14.8 Å². The normalized spacial score (nSPS) is 11.1. The highest BCUT2D eigenvalue weighted by Crippen LogP contribution is 2.23. The third kappa shape index (κ3) is 3.34. The Morgan fingerprint density at radius 2 is 1.90 bits per heavy atom.